The minimum Gasteiger partial charge on any atom is -0.492 e. The van der Waals surface area contributed by atoms with Crippen molar-refractivity contribution in [2.75, 3.05) is 13.2 Å². The van der Waals surface area contributed by atoms with Crippen LogP contribution in [0.15, 0.2) is 36.5 Å². The van der Waals surface area contributed by atoms with E-state index in [1.807, 2.05) is 12.1 Å². The van der Waals surface area contributed by atoms with E-state index in [4.69, 9.17) is 16.3 Å². The van der Waals surface area contributed by atoms with Crippen molar-refractivity contribution >= 4 is 11.6 Å². The van der Waals surface area contributed by atoms with Crippen molar-refractivity contribution in [2.24, 2.45) is 0 Å². The molecule has 0 amide bonds. The smallest absolute Gasteiger partial charge is 0.142 e. The minimum absolute atomic E-state index is 0.0429. The highest BCUT2D eigenvalue weighted by Gasteiger charge is 2.22. The molecular formula is C17H18ClFN2O2. The first kappa shape index (κ1) is 16.2. The molecule has 0 saturated carbocycles. The fraction of sp³-hybridized carbons (Fsp3) is 0.353. The van der Waals surface area contributed by atoms with Gasteiger partial charge in [0.2, 0.25) is 0 Å². The van der Waals surface area contributed by atoms with Gasteiger partial charge in [0.15, 0.2) is 0 Å². The van der Waals surface area contributed by atoms with Crippen molar-refractivity contribution in [3.05, 3.63) is 58.6 Å². The summed E-state index contributed by atoms with van der Waals surface area (Å²) < 4.78 is 18.6. The first-order valence-electron chi connectivity index (χ1n) is 7.59. The molecule has 1 aliphatic rings. The van der Waals surface area contributed by atoms with Crippen molar-refractivity contribution in [3.8, 4) is 5.75 Å². The zero-order valence-corrected chi connectivity index (χ0v) is 13.3. The summed E-state index contributed by atoms with van der Waals surface area (Å²) in [6.07, 6.45) is 2.08. The van der Waals surface area contributed by atoms with Gasteiger partial charge in [-0.25, -0.2) is 4.39 Å². The van der Waals surface area contributed by atoms with Crippen LogP contribution in [0.5, 0.6) is 5.75 Å². The third-order valence-electron chi connectivity index (χ3n) is 3.91. The summed E-state index contributed by atoms with van der Waals surface area (Å²) in [7, 11) is 0. The molecule has 4 nitrogen and oxygen atoms in total. The minimum atomic E-state index is -0.803. The quantitative estimate of drug-likeness (QED) is 0.898. The number of pyridine rings is 1. The van der Waals surface area contributed by atoms with Crippen molar-refractivity contribution < 1.29 is 14.2 Å². The van der Waals surface area contributed by atoms with Gasteiger partial charge in [0.1, 0.15) is 17.7 Å². The van der Waals surface area contributed by atoms with E-state index < -0.39 is 11.9 Å². The number of fused-ring (bicyclic) bond motifs is 1. The van der Waals surface area contributed by atoms with Gasteiger partial charge in [-0.05, 0) is 31.0 Å². The SMILES string of the molecule is OC(CNC1CCCOc2c(Cl)cccc21)c1ccc(F)cn1. The molecule has 6 heteroatoms. The number of halogens is 2. The van der Waals surface area contributed by atoms with Crippen LogP contribution >= 0.6 is 11.6 Å². The molecule has 2 unspecified atom stereocenters. The largest absolute Gasteiger partial charge is 0.492 e. The lowest BCUT2D eigenvalue weighted by Gasteiger charge is -2.20. The van der Waals surface area contributed by atoms with Gasteiger partial charge in [-0.3, -0.25) is 4.98 Å². The molecule has 0 aliphatic carbocycles. The number of nitrogens with one attached hydrogen (secondary N) is 1. The fourth-order valence-electron chi connectivity index (χ4n) is 2.72. The predicted octanol–water partition coefficient (Wildman–Crippen LogP) is 3.41. The van der Waals surface area contributed by atoms with Crippen LogP contribution in [0.1, 0.15) is 36.2 Å². The van der Waals surface area contributed by atoms with Crippen molar-refractivity contribution in [1.29, 1.82) is 0 Å². The number of hydrogen-bond acceptors (Lipinski definition) is 4. The molecule has 2 aromatic rings. The monoisotopic (exact) mass is 336 g/mol. The van der Waals surface area contributed by atoms with E-state index >= 15 is 0 Å². The van der Waals surface area contributed by atoms with Crippen LogP contribution in [0.25, 0.3) is 0 Å². The lowest BCUT2D eigenvalue weighted by atomic mass is 10.0. The highest BCUT2D eigenvalue weighted by Crippen LogP contribution is 2.36. The highest BCUT2D eigenvalue weighted by molar-refractivity contribution is 6.32. The molecular weight excluding hydrogens is 319 g/mol. The van der Waals surface area contributed by atoms with Gasteiger partial charge in [0, 0.05) is 18.2 Å². The molecule has 2 atom stereocenters. The molecule has 0 fully saturated rings. The van der Waals surface area contributed by atoms with Crippen LogP contribution in [0.3, 0.4) is 0 Å². The van der Waals surface area contributed by atoms with Crippen LogP contribution in [0, 0.1) is 5.82 Å². The summed E-state index contributed by atoms with van der Waals surface area (Å²) in [5, 5.41) is 14.1. The maximum absolute atomic E-state index is 12.9. The number of hydrogen-bond donors (Lipinski definition) is 2. The Bertz CT molecular complexity index is 666. The lowest BCUT2D eigenvalue weighted by molar-refractivity contribution is 0.164. The van der Waals surface area contributed by atoms with Gasteiger partial charge in [-0.2, -0.15) is 0 Å². The Kier molecular flexibility index (Phi) is 5.10. The second-order valence-electron chi connectivity index (χ2n) is 5.53. The van der Waals surface area contributed by atoms with E-state index in [-0.39, 0.29) is 6.04 Å². The Morgan fingerprint density at radius 3 is 3.04 bits per heavy atom. The average molecular weight is 337 g/mol. The van der Waals surface area contributed by atoms with Gasteiger partial charge in [0.25, 0.3) is 0 Å². The fourth-order valence-corrected chi connectivity index (χ4v) is 2.96. The number of aliphatic hydroxyl groups is 1. The zero-order valence-electron chi connectivity index (χ0n) is 12.5. The standard InChI is InChI=1S/C17H18ClFN2O2/c18-13-4-1-3-12-14(5-2-8-23-17(12)13)21-10-16(22)15-7-6-11(19)9-20-15/h1,3-4,6-7,9,14,16,21-22H,2,5,8,10H2. The zero-order chi connectivity index (χ0) is 16.2. The number of aromatic nitrogens is 1. The molecule has 0 spiro atoms. The predicted molar refractivity (Wildman–Crippen MR) is 86.1 cm³/mol. The van der Waals surface area contributed by atoms with Gasteiger partial charge in [0.05, 0.1) is 23.5 Å². The van der Waals surface area contributed by atoms with Gasteiger partial charge in [-0.15, -0.1) is 0 Å². The van der Waals surface area contributed by atoms with Crippen molar-refractivity contribution in [3.63, 3.8) is 0 Å². The van der Waals surface area contributed by atoms with E-state index in [9.17, 15) is 9.50 Å². The number of benzene rings is 1. The van der Waals surface area contributed by atoms with E-state index in [1.54, 1.807) is 6.07 Å². The molecule has 1 aromatic heterocycles. The molecule has 2 heterocycles. The summed E-state index contributed by atoms with van der Waals surface area (Å²) >= 11 is 6.21. The summed E-state index contributed by atoms with van der Waals surface area (Å²) in [4.78, 5) is 3.91. The van der Waals surface area contributed by atoms with Gasteiger partial charge < -0.3 is 15.2 Å². The van der Waals surface area contributed by atoms with Gasteiger partial charge in [-0.1, -0.05) is 23.7 Å². The van der Waals surface area contributed by atoms with E-state index in [2.05, 4.69) is 10.3 Å². The molecule has 0 bridgehead atoms. The Morgan fingerprint density at radius 2 is 2.26 bits per heavy atom. The second kappa shape index (κ2) is 7.25. The molecule has 1 aromatic carbocycles. The maximum Gasteiger partial charge on any atom is 0.142 e. The Morgan fingerprint density at radius 1 is 1.39 bits per heavy atom. The van der Waals surface area contributed by atoms with Crippen LogP contribution in [-0.4, -0.2) is 23.2 Å². The third kappa shape index (κ3) is 3.80. The second-order valence-corrected chi connectivity index (χ2v) is 5.93. The van der Waals surface area contributed by atoms with E-state index in [1.165, 1.54) is 12.1 Å². The first-order valence-corrected chi connectivity index (χ1v) is 7.97. The topological polar surface area (TPSA) is 54.4 Å². The molecule has 0 radical (unpaired) electrons. The Labute approximate surface area is 139 Å². The van der Waals surface area contributed by atoms with Crippen molar-refractivity contribution in [2.45, 2.75) is 25.0 Å². The summed E-state index contributed by atoms with van der Waals surface area (Å²) in [6.45, 7) is 0.937. The first-order chi connectivity index (χ1) is 11.1. The van der Waals surface area contributed by atoms with Crippen LogP contribution in [-0.2, 0) is 0 Å². The number of ether oxygens (including phenoxy) is 1. The number of para-hydroxylation sites is 1. The average Bonchev–Trinajstić information content (AvgIpc) is 2.76. The van der Waals surface area contributed by atoms with E-state index in [0.29, 0.717) is 29.6 Å². The summed E-state index contributed by atoms with van der Waals surface area (Å²) in [5.41, 5.74) is 1.43. The molecule has 23 heavy (non-hydrogen) atoms. The molecule has 3 rings (SSSR count). The molecule has 0 saturated heterocycles. The number of aliphatic hydroxyl groups excluding tert-OH is 1. The Hall–Kier alpha value is -1.69. The van der Waals surface area contributed by atoms with Crippen LogP contribution in [0.4, 0.5) is 4.39 Å². The van der Waals surface area contributed by atoms with Crippen LogP contribution < -0.4 is 10.1 Å². The number of rotatable bonds is 4. The lowest BCUT2D eigenvalue weighted by Crippen LogP contribution is -2.26. The molecule has 2 N–H and O–H groups in total. The summed E-state index contributed by atoms with van der Waals surface area (Å²) in [5.74, 6) is 0.289. The van der Waals surface area contributed by atoms with E-state index in [0.717, 1.165) is 24.6 Å². The highest BCUT2D eigenvalue weighted by atomic mass is 35.5. The third-order valence-corrected chi connectivity index (χ3v) is 4.20. The van der Waals surface area contributed by atoms with Crippen LogP contribution in [0.2, 0.25) is 5.02 Å². The normalized spacial score (nSPS) is 18.7. The Balaban J connectivity index is 1.70. The molecule has 122 valence electrons. The van der Waals surface area contributed by atoms with Crippen molar-refractivity contribution in [1.82, 2.24) is 10.3 Å². The summed E-state index contributed by atoms with van der Waals surface area (Å²) in [6, 6.07) is 8.50. The molecule has 1 aliphatic heterocycles. The number of nitrogens with zero attached hydrogens (tertiary/aromatic N) is 1. The van der Waals surface area contributed by atoms with Gasteiger partial charge >= 0.3 is 0 Å². The maximum atomic E-state index is 12.9.